The van der Waals surface area contributed by atoms with E-state index in [0.717, 1.165) is 18.5 Å². The number of imidazole rings is 1. The maximum Gasteiger partial charge on any atom is 0.267 e. The molecule has 1 amide bonds. The Labute approximate surface area is 201 Å². The number of nitrogens with zero attached hydrogens (tertiary/aromatic N) is 5. The summed E-state index contributed by atoms with van der Waals surface area (Å²) < 4.78 is 4.03. The minimum Gasteiger partial charge on any atom is -0.369 e. The first-order valence-corrected chi connectivity index (χ1v) is 12.0. The lowest BCUT2D eigenvalue weighted by Crippen LogP contribution is -2.31. The van der Waals surface area contributed by atoms with Gasteiger partial charge in [0, 0.05) is 38.2 Å². The third-order valence-electron chi connectivity index (χ3n) is 5.23. The molecule has 0 aromatic carbocycles. The Hall–Kier alpha value is -2.98. The number of nitrogens with one attached hydrogen (secondary N) is 1. The van der Waals surface area contributed by atoms with Crippen molar-refractivity contribution in [3.63, 3.8) is 0 Å². The molecule has 1 aliphatic rings. The highest BCUT2D eigenvalue weighted by molar-refractivity contribution is 8.26. The van der Waals surface area contributed by atoms with Crippen molar-refractivity contribution in [1.29, 1.82) is 0 Å². The van der Waals surface area contributed by atoms with Crippen LogP contribution in [0.2, 0.25) is 0 Å². The molecule has 172 valence electrons. The van der Waals surface area contributed by atoms with Crippen LogP contribution < -0.4 is 10.9 Å². The predicted octanol–water partition coefficient (Wildman–Crippen LogP) is 3.56. The van der Waals surface area contributed by atoms with Gasteiger partial charge in [-0.3, -0.25) is 18.9 Å². The van der Waals surface area contributed by atoms with E-state index in [1.807, 2.05) is 43.7 Å². The topological polar surface area (TPSA) is 84.5 Å². The Kier molecular flexibility index (Phi) is 6.94. The average Bonchev–Trinajstić information content (AvgIpc) is 3.38. The molecule has 1 N–H and O–H groups in total. The van der Waals surface area contributed by atoms with Crippen molar-refractivity contribution < 1.29 is 4.79 Å². The van der Waals surface area contributed by atoms with E-state index in [-0.39, 0.29) is 17.4 Å². The zero-order chi connectivity index (χ0) is 23.5. The third-order valence-corrected chi connectivity index (χ3v) is 6.60. The normalized spacial score (nSPS) is 15.4. The minimum absolute atomic E-state index is 0.168. The first kappa shape index (κ1) is 23.2. The summed E-state index contributed by atoms with van der Waals surface area (Å²) in [7, 11) is 0. The number of hydrogen-bond donors (Lipinski definition) is 1. The standard InChI is InChI=1S/C23H26N6O2S2/c1-15(2)13-29-22(31)18(33-23(29)32)12-17-19(25-7-5-9-27-11-8-24-14-27)26-20-16(3)6-4-10-28(20)21(17)30/h4,6,8,10-12,14-15,25H,5,7,9,13H2,1-3H3/b18-12-. The number of rotatable bonds is 8. The van der Waals surface area contributed by atoms with Crippen LogP contribution in [0.5, 0.6) is 0 Å². The SMILES string of the molecule is Cc1cccn2c(=O)c(/C=C3\SC(=S)N(CC(C)C)C3=O)c(NCCCn3ccnc3)nc12. The van der Waals surface area contributed by atoms with E-state index in [2.05, 4.69) is 10.3 Å². The summed E-state index contributed by atoms with van der Waals surface area (Å²) in [6.07, 6.45) is 9.57. The number of aryl methyl sites for hydroxylation is 2. The molecule has 0 aliphatic carbocycles. The van der Waals surface area contributed by atoms with E-state index < -0.39 is 0 Å². The molecule has 0 radical (unpaired) electrons. The number of thiocarbonyl (C=S) groups is 1. The van der Waals surface area contributed by atoms with E-state index in [1.54, 1.807) is 29.7 Å². The van der Waals surface area contributed by atoms with Crippen LogP contribution in [0.1, 0.15) is 31.4 Å². The summed E-state index contributed by atoms with van der Waals surface area (Å²) in [5.74, 6) is 0.586. The van der Waals surface area contributed by atoms with Crippen LogP contribution in [-0.4, -0.2) is 47.2 Å². The first-order chi connectivity index (χ1) is 15.8. The van der Waals surface area contributed by atoms with Crippen LogP contribution in [0.25, 0.3) is 11.7 Å². The van der Waals surface area contributed by atoms with Gasteiger partial charge < -0.3 is 9.88 Å². The van der Waals surface area contributed by atoms with Crippen molar-refractivity contribution in [2.45, 2.75) is 33.7 Å². The zero-order valence-corrected chi connectivity index (χ0v) is 20.4. The third kappa shape index (κ3) is 5.01. The van der Waals surface area contributed by atoms with Gasteiger partial charge in [-0.2, -0.15) is 0 Å². The summed E-state index contributed by atoms with van der Waals surface area (Å²) in [4.78, 5) is 37.2. The lowest BCUT2D eigenvalue weighted by atomic mass is 10.2. The van der Waals surface area contributed by atoms with E-state index in [9.17, 15) is 9.59 Å². The summed E-state index contributed by atoms with van der Waals surface area (Å²) >= 11 is 6.65. The highest BCUT2D eigenvalue weighted by Gasteiger charge is 2.32. The van der Waals surface area contributed by atoms with Crippen LogP contribution in [0, 0.1) is 12.8 Å². The Morgan fingerprint density at radius 1 is 1.27 bits per heavy atom. The molecule has 0 saturated carbocycles. The number of carbonyl (C=O) groups excluding carboxylic acids is 1. The molecule has 3 aromatic rings. The molecule has 4 rings (SSSR count). The van der Waals surface area contributed by atoms with Gasteiger partial charge in [0.2, 0.25) is 0 Å². The van der Waals surface area contributed by atoms with Gasteiger partial charge in [-0.15, -0.1) is 0 Å². The van der Waals surface area contributed by atoms with Crippen LogP contribution in [-0.2, 0) is 11.3 Å². The molecular formula is C23H26N6O2S2. The van der Waals surface area contributed by atoms with E-state index >= 15 is 0 Å². The number of carbonyl (C=O) groups is 1. The van der Waals surface area contributed by atoms with Gasteiger partial charge in [0.15, 0.2) is 0 Å². The molecule has 8 nitrogen and oxygen atoms in total. The van der Waals surface area contributed by atoms with Crippen molar-refractivity contribution in [2.24, 2.45) is 5.92 Å². The largest absolute Gasteiger partial charge is 0.369 e. The first-order valence-electron chi connectivity index (χ1n) is 10.8. The number of hydrogen-bond acceptors (Lipinski definition) is 7. The second-order valence-electron chi connectivity index (χ2n) is 8.33. The average molecular weight is 483 g/mol. The molecular weight excluding hydrogens is 456 g/mol. The lowest BCUT2D eigenvalue weighted by Gasteiger charge is -2.16. The number of fused-ring (bicyclic) bond motifs is 1. The molecule has 1 aliphatic heterocycles. The highest BCUT2D eigenvalue weighted by Crippen LogP contribution is 2.33. The van der Waals surface area contributed by atoms with Crippen molar-refractivity contribution in [2.75, 3.05) is 18.4 Å². The van der Waals surface area contributed by atoms with Crippen molar-refractivity contribution in [3.8, 4) is 0 Å². The molecule has 0 unspecified atom stereocenters. The Bertz CT molecular complexity index is 1280. The fourth-order valence-electron chi connectivity index (χ4n) is 3.62. The summed E-state index contributed by atoms with van der Waals surface area (Å²) in [6.45, 7) is 7.95. The van der Waals surface area contributed by atoms with Gasteiger partial charge in [-0.05, 0) is 37.0 Å². The van der Waals surface area contributed by atoms with Crippen LogP contribution in [0.4, 0.5) is 5.82 Å². The van der Waals surface area contributed by atoms with Crippen molar-refractivity contribution in [3.05, 3.63) is 63.4 Å². The Balaban J connectivity index is 1.68. The van der Waals surface area contributed by atoms with Gasteiger partial charge in [0.1, 0.15) is 15.8 Å². The number of pyridine rings is 1. The zero-order valence-electron chi connectivity index (χ0n) is 18.8. The monoisotopic (exact) mass is 482 g/mol. The quantitative estimate of drug-likeness (QED) is 0.299. The van der Waals surface area contributed by atoms with Crippen molar-refractivity contribution in [1.82, 2.24) is 23.8 Å². The second-order valence-corrected chi connectivity index (χ2v) is 10.0. The lowest BCUT2D eigenvalue weighted by molar-refractivity contribution is -0.122. The predicted molar refractivity (Wildman–Crippen MR) is 136 cm³/mol. The summed E-state index contributed by atoms with van der Waals surface area (Å²) in [5, 5.41) is 3.31. The Morgan fingerprint density at radius 3 is 2.82 bits per heavy atom. The fourth-order valence-corrected chi connectivity index (χ4v) is 4.87. The summed E-state index contributed by atoms with van der Waals surface area (Å²) in [6, 6.07) is 3.73. The van der Waals surface area contributed by atoms with Gasteiger partial charge in [-0.25, -0.2) is 9.97 Å². The molecule has 10 heteroatoms. The van der Waals surface area contributed by atoms with Gasteiger partial charge in [0.25, 0.3) is 11.5 Å². The number of thioether (sulfide) groups is 1. The van der Waals surface area contributed by atoms with Crippen LogP contribution >= 0.6 is 24.0 Å². The van der Waals surface area contributed by atoms with Gasteiger partial charge >= 0.3 is 0 Å². The maximum atomic E-state index is 13.4. The fraction of sp³-hybridized carbons (Fsp3) is 0.348. The molecule has 4 heterocycles. The van der Waals surface area contributed by atoms with E-state index in [0.29, 0.717) is 39.3 Å². The van der Waals surface area contributed by atoms with E-state index in [4.69, 9.17) is 17.2 Å². The van der Waals surface area contributed by atoms with Gasteiger partial charge in [0.05, 0.1) is 16.8 Å². The number of anilines is 1. The number of amides is 1. The molecule has 33 heavy (non-hydrogen) atoms. The molecule has 1 saturated heterocycles. The van der Waals surface area contributed by atoms with Crippen LogP contribution in [0.15, 0.2) is 46.8 Å². The molecule has 0 atom stereocenters. The molecule has 3 aromatic heterocycles. The molecule has 0 bridgehead atoms. The minimum atomic E-state index is -0.227. The van der Waals surface area contributed by atoms with E-state index in [1.165, 1.54) is 16.2 Å². The summed E-state index contributed by atoms with van der Waals surface area (Å²) in [5.41, 5.74) is 1.61. The smallest absolute Gasteiger partial charge is 0.267 e. The molecule has 1 fully saturated rings. The van der Waals surface area contributed by atoms with Gasteiger partial charge in [-0.1, -0.05) is 43.9 Å². The van der Waals surface area contributed by atoms with Crippen LogP contribution in [0.3, 0.4) is 0 Å². The Morgan fingerprint density at radius 2 is 2.09 bits per heavy atom. The highest BCUT2D eigenvalue weighted by atomic mass is 32.2. The maximum absolute atomic E-state index is 13.4. The van der Waals surface area contributed by atoms with Crippen molar-refractivity contribution >= 4 is 51.7 Å². The molecule has 0 spiro atoms. The second kappa shape index (κ2) is 9.88. The number of aromatic nitrogens is 4.